The maximum Gasteiger partial charge on any atom is 0.248 e. The van der Waals surface area contributed by atoms with Gasteiger partial charge in [-0.2, -0.15) is 0 Å². The molecule has 1 aromatic carbocycles. The highest BCUT2D eigenvalue weighted by Crippen LogP contribution is 2.16. The average Bonchev–Trinajstić information content (AvgIpc) is 2.17. The van der Waals surface area contributed by atoms with Crippen molar-refractivity contribution in [3.8, 4) is 0 Å². The number of carbonyl (C=O) groups excluding carboxylic acids is 1. The van der Waals surface area contributed by atoms with Crippen LogP contribution in [0.2, 0.25) is 0 Å². The molecule has 1 aliphatic heterocycles. The van der Waals surface area contributed by atoms with Crippen LogP contribution >= 0.6 is 0 Å². The first-order valence-corrected chi connectivity index (χ1v) is 4.17. The van der Waals surface area contributed by atoms with Gasteiger partial charge in [0.05, 0.1) is 6.54 Å². The molecule has 0 saturated heterocycles. The van der Waals surface area contributed by atoms with Gasteiger partial charge in [-0.15, -0.1) is 0 Å². The van der Waals surface area contributed by atoms with Gasteiger partial charge in [0.15, 0.2) is 0 Å². The second kappa shape index (κ2) is 3.01. The van der Waals surface area contributed by atoms with E-state index in [9.17, 15) is 4.79 Å². The zero-order chi connectivity index (χ0) is 9.26. The fraction of sp³-hybridized carbons (Fsp3) is 0.200. The molecule has 0 fully saturated rings. The van der Waals surface area contributed by atoms with Gasteiger partial charge in [-0.05, 0) is 23.3 Å². The van der Waals surface area contributed by atoms with E-state index in [1.165, 1.54) is 5.56 Å². The molecular formula is C10H10N2O. The molecule has 2 N–H and O–H groups in total. The van der Waals surface area contributed by atoms with E-state index in [2.05, 4.69) is 4.99 Å². The summed E-state index contributed by atoms with van der Waals surface area (Å²) >= 11 is 0. The Hall–Kier alpha value is -1.64. The number of aliphatic imine (C=N–C) groups is 1. The molecule has 3 heteroatoms. The molecule has 66 valence electrons. The highest BCUT2D eigenvalue weighted by molar-refractivity contribution is 5.93. The second-order valence-corrected chi connectivity index (χ2v) is 3.08. The molecule has 1 heterocycles. The topological polar surface area (TPSA) is 55.5 Å². The van der Waals surface area contributed by atoms with Crippen LogP contribution in [0.4, 0.5) is 0 Å². The molecule has 1 aliphatic rings. The smallest absolute Gasteiger partial charge is 0.248 e. The highest BCUT2D eigenvalue weighted by Gasteiger charge is 2.08. The summed E-state index contributed by atoms with van der Waals surface area (Å²) < 4.78 is 0. The lowest BCUT2D eigenvalue weighted by atomic mass is 10.00. The molecular weight excluding hydrogens is 164 g/mol. The number of benzene rings is 1. The first-order chi connectivity index (χ1) is 6.27. The number of amides is 1. The van der Waals surface area contributed by atoms with Crippen LogP contribution in [-0.2, 0) is 13.0 Å². The van der Waals surface area contributed by atoms with Crippen molar-refractivity contribution in [3.63, 3.8) is 0 Å². The van der Waals surface area contributed by atoms with Gasteiger partial charge in [0.1, 0.15) is 0 Å². The minimum Gasteiger partial charge on any atom is -0.366 e. The van der Waals surface area contributed by atoms with Crippen LogP contribution in [0.15, 0.2) is 23.2 Å². The molecule has 0 spiro atoms. The van der Waals surface area contributed by atoms with Crippen LogP contribution in [0, 0.1) is 0 Å². The summed E-state index contributed by atoms with van der Waals surface area (Å²) in [6.45, 7) is 0.717. The van der Waals surface area contributed by atoms with Crippen molar-refractivity contribution in [1.29, 1.82) is 0 Å². The van der Waals surface area contributed by atoms with Crippen molar-refractivity contribution in [2.75, 3.05) is 0 Å². The zero-order valence-electron chi connectivity index (χ0n) is 7.16. The number of hydrogen-bond donors (Lipinski definition) is 1. The first kappa shape index (κ1) is 7.98. The Labute approximate surface area is 76.3 Å². The molecule has 0 unspecified atom stereocenters. The Morgan fingerprint density at radius 3 is 3.00 bits per heavy atom. The van der Waals surface area contributed by atoms with E-state index >= 15 is 0 Å². The van der Waals surface area contributed by atoms with Crippen LogP contribution in [-0.4, -0.2) is 12.1 Å². The summed E-state index contributed by atoms with van der Waals surface area (Å²) in [6, 6.07) is 5.52. The van der Waals surface area contributed by atoms with Crippen molar-refractivity contribution in [2.24, 2.45) is 10.7 Å². The summed E-state index contributed by atoms with van der Waals surface area (Å²) in [5, 5.41) is 0. The van der Waals surface area contributed by atoms with Gasteiger partial charge < -0.3 is 5.73 Å². The maximum absolute atomic E-state index is 10.9. The molecule has 0 atom stereocenters. The van der Waals surface area contributed by atoms with E-state index < -0.39 is 0 Å². The van der Waals surface area contributed by atoms with Gasteiger partial charge in [0, 0.05) is 18.2 Å². The van der Waals surface area contributed by atoms with Crippen molar-refractivity contribution in [2.45, 2.75) is 13.0 Å². The third kappa shape index (κ3) is 1.45. The summed E-state index contributed by atoms with van der Waals surface area (Å²) in [7, 11) is 0. The predicted molar refractivity (Wildman–Crippen MR) is 50.9 cm³/mol. The van der Waals surface area contributed by atoms with Gasteiger partial charge >= 0.3 is 0 Å². The van der Waals surface area contributed by atoms with Gasteiger partial charge in [-0.25, -0.2) is 0 Å². The number of carbonyl (C=O) groups is 1. The van der Waals surface area contributed by atoms with E-state index in [-0.39, 0.29) is 5.91 Å². The molecule has 0 aliphatic carbocycles. The lowest BCUT2D eigenvalue weighted by Crippen LogP contribution is -2.12. The van der Waals surface area contributed by atoms with Crippen LogP contribution in [0.5, 0.6) is 0 Å². The van der Waals surface area contributed by atoms with Crippen LogP contribution in [0.25, 0.3) is 0 Å². The monoisotopic (exact) mass is 174 g/mol. The minimum atomic E-state index is -0.370. The summed E-state index contributed by atoms with van der Waals surface area (Å²) in [4.78, 5) is 15.0. The normalized spacial score (nSPS) is 13.8. The van der Waals surface area contributed by atoms with E-state index in [1.54, 1.807) is 6.07 Å². The third-order valence-electron chi connectivity index (χ3n) is 2.19. The van der Waals surface area contributed by atoms with E-state index in [1.807, 2.05) is 18.3 Å². The fourth-order valence-electron chi connectivity index (χ4n) is 1.45. The third-order valence-corrected chi connectivity index (χ3v) is 2.19. The molecule has 0 radical (unpaired) electrons. The number of nitrogens with zero attached hydrogens (tertiary/aromatic N) is 1. The quantitative estimate of drug-likeness (QED) is 0.676. The Kier molecular flexibility index (Phi) is 1.85. The molecule has 3 nitrogen and oxygen atoms in total. The van der Waals surface area contributed by atoms with Gasteiger partial charge in [-0.3, -0.25) is 9.79 Å². The van der Waals surface area contributed by atoms with Gasteiger partial charge in [-0.1, -0.05) is 6.07 Å². The van der Waals surface area contributed by atoms with Crippen molar-refractivity contribution >= 4 is 12.1 Å². The van der Waals surface area contributed by atoms with Crippen LogP contribution < -0.4 is 5.73 Å². The standard InChI is InChI=1S/C10H10N2O/c11-10(13)8-1-2-9-6-12-4-3-7(9)5-8/h1-2,4-5H,3,6H2,(H2,11,13). The molecule has 0 bridgehead atoms. The highest BCUT2D eigenvalue weighted by atomic mass is 16.1. The maximum atomic E-state index is 10.9. The summed E-state index contributed by atoms with van der Waals surface area (Å²) in [5.41, 5.74) is 8.10. The van der Waals surface area contributed by atoms with Crippen LogP contribution in [0.1, 0.15) is 21.5 Å². The van der Waals surface area contributed by atoms with Crippen LogP contribution in [0.3, 0.4) is 0 Å². The molecule has 1 aromatic rings. The second-order valence-electron chi connectivity index (χ2n) is 3.08. The number of nitrogens with two attached hydrogens (primary N) is 1. The number of fused-ring (bicyclic) bond motifs is 1. The average molecular weight is 174 g/mol. The number of primary amides is 1. The SMILES string of the molecule is NC(=O)c1ccc2c(c1)CC=NC2. The lowest BCUT2D eigenvalue weighted by molar-refractivity contribution is 0.1000. The van der Waals surface area contributed by atoms with E-state index in [0.717, 1.165) is 12.0 Å². The largest absolute Gasteiger partial charge is 0.366 e. The number of hydrogen-bond acceptors (Lipinski definition) is 2. The fourth-order valence-corrected chi connectivity index (χ4v) is 1.45. The Balaban J connectivity index is 2.44. The van der Waals surface area contributed by atoms with E-state index in [4.69, 9.17) is 5.73 Å². The zero-order valence-corrected chi connectivity index (χ0v) is 7.16. The van der Waals surface area contributed by atoms with Gasteiger partial charge in [0.25, 0.3) is 0 Å². The first-order valence-electron chi connectivity index (χ1n) is 4.17. The minimum absolute atomic E-state index is 0.370. The predicted octanol–water partition coefficient (Wildman–Crippen LogP) is 0.912. The Morgan fingerprint density at radius 1 is 1.38 bits per heavy atom. The van der Waals surface area contributed by atoms with Crippen molar-refractivity contribution in [1.82, 2.24) is 0 Å². The Bertz CT molecular complexity index is 383. The molecule has 13 heavy (non-hydrogen) atoms. The summed E-state index contributed by atoms with van der Waals surface area (Å²) in [6.07, 6.45) is 2.67. The Morgan fingerprint density at radius 2 is 2.23 bits per heavy atom. The van der Waals surface area contributed by atoms with E-state index in [0.29, 0.717) is 12.1 Å². The molecule has 0 saturated carbocycles. The molecule has 2 rings (SSSR count). The van der Waals surface area contributed by atoms with Crippen molar-refractivity contribution in [3.05, 3.63) is 34.9 Å². The summed E-state index contributed by atoms with van der Waals surface area (Å²) in [5.74, 6) is -0.370. The van der Waals surface area contributed by atoms with Gasteiger partial charge in [0.2, 0.25) is 5.91 Å². The molecule has 0 aromatic heterocycles. The molecule has 1 amide bonds. The number of rotatable bonds is 1. The lowest BCUT2D eigenvalue weighted by Gasteiger charge is -2.10. The van der Waals surface area contributed by atoms with Crippen molar-refractivity contribution < 1.29 is 4.79 Å².